The Labute approximate surface area is 68.5 Å². The normalized spacial score (nSPS) is 9.92. The molecule has 0 aliphatic carbocycles. The molecule has 0 aliphatic heterocycles. The fourth-order valence-corrected chi connectivity index (χ4v) is 1.10. The zero-order valence-electron chi connectivity index (χ0n) is 6.11. The SMILES string of the molecule is N#Cc1coc2ccc(O)cc12. The third kappa shape index (κ3) is 0.823. The number of rotatable bonds is 0. The van der Waals surface area contributed by atoms with E-state index in [1.165, 1.54) is 18.4 Å². The third-order valence-corrected chi connectivity index (χ3v) is 1.68. The number of benzene rings is 1. The highest BCUT2D eigenvalue weighted by Gasteiger charge is 2.04. The van der Waals surface area contributed by atoms with Crippen molar-refractivity contribution in [3.05, 3.63) is 30.0 Å². The van der Waals surface area contributed by atoms with E-state index in [9.17, 15) is 0 Å². The Morgan fingerprint density at radius 2 is 2.25 bits per heavy atom. The standard InChI is InChI=1S/C9H5NO2/c10-4-6-5-12-9-2-1-7(11)3-8(6)9/h1-3,5,11H. The molecule has 0 fully saturated rings. The van der Waals surface area contributed by atoms with Gasteiger partial charge in [0.2, 0.25) is 0 Å². The van der Waals surface area contributed by atoms with Crippen LogP contribution in [-0.2, 0) is 0 Å². The zero-order chi connectivity index (χ0) is 8.55. The summed E-state index contributed by atoms with van der Waals surface area (Å²) in [4.78, 5) is 0. The fraction of sp³-hybridized carbons (Fsp3) is 0. The lowest BCUT2D eigenvalue weighted by atomic mass is 10.2. The monoisotopic (exact) mass is 159 g/mol. The Kier molecular flexibility index (Phi) is 1.28. The molecule has 0 radical (unpaired) electrons. The van der Waals surface area contributed by atoms with Gasteiger partial charge >= 0.3 is 0 Å². The van der Waals surface area contributed by atoms with Gasteiger partial charge in [0, 0.05) is 5.39 Å². The largest absolute Gasteiger partial charge is 0.508 e. The topological polar surface area (TPSA) is 57.2 Å². The number of phenolic OH excluding ortho intramolecular Hbond substituents is 1. The summed E-state index contributed by atoms with van der Waals surface area (Å²) in [6, 6.07) is 6.63. The molecule has 3 heteroatoms. The predicted molar refractivity (Wildman–Crippen MR) is 42.6 cm³/mol. The Morgan fingerprint density at radius 1 is 1.42 bits per heavy atom. The molecule has 2 aromatic rings. The molecule has 1 aromatic carbocycles. The first-order valence-corrected chi connectivity index (χ1v) is 3.41. The van der Waals surface area contributed by atoms with Gasteiger partial charge in [0.05, 0.1) is 5.56 Å². The van der Waals surface area contributed by atoms with E-state index in [-0.39, 0.29) is 5.75 Å². The van der Waals surface area contributed by atoms with Crippen LogP contribution in [0.25, 0.3) is 11.0 Å². The molecule has 0 amide bonds. The van der Waals surface area contributed by atoms with Crippen LogP contribution >= 0.6 is 0 Å². The van der Waals surface area contributed by atoms with Crippen LogP contribution in [0, 0.1) is 11.3 Å². The Balaban J connectivity index is 2.86. The first-order chi connectivity index (χ1) is 5.81. The molecule has 0 saturated heterocycles. The van der Waals surface area contributed by atoms with E-state index >= 15 is 0 Å². The number of nitrogens with zero attached hydrogens (tertiary/aromatic N) is 1. The molecule has 2 rings (SSSR count). The van der Waals surface area contributed by atoms with Crippen LogP contribution in [0.1, 0.15) is 5.56 Å². The van der Waals surface area contributed by atoms with Crippen molar-refractivity contribution in [3.8, 4) is 11.8 Å². The van der Waals surface area contributed by atoms with Crippen LogP contribution in [0.3, 0.4) is 0 Å². The van der Waals surface area contributed by atoms with Gasteiger partial charge in [-0.15, -0.1) is 0 Å². The van der Waals surface area contributed by atoms with Crippen molar-refractivity contribution >= 4 is 11.0 Å². The lowest BCUT2D eigenvalue weighted by Gasteiger charge is -1.89. The van der Waals surface area contributed by atoms with Gasteiger partial charge in [-0.2, -0.15) is 5.26 Å². The highest BCUT2D eigenvalue weighted by molar-refractivity contribution is 5.84. The third-order valence-electron chi connectivity index (χ3n) is 1.68. The lowest BCUT2D eigenvalue weighted by Crippen LogP contribution is -1.69. The number of phenols is 1. The molecule has 0 bridgehead atoms. The van der Waals surface area contributed by atoms with Gasteiger partial charge in [0.15, 0.2) is 0 Å². The number of aromatic hydroxyl groups is 1. The van der Waals surface area contributed by atoms with Crippen LogP contribution in [0.5, 0.6) is 5.75 Å². The smallest absolute Gasteiger partial charge is 0.135 e. The molecule has 0 atom stereocenters. The quantitative estimate of drug-likeness (QED) is 0.639. The van der Waals surface area contributed by atoms with Crippen LogP contribution in [0.15, 0.2) is 28.9 Å². The first-order valence-electron chi connectivity index (χ1n) is 3.41. The second-order valence-electron chi connectivity index (χ2n) is 2.44. The summed E-state index contributed by atoms with van der Waals surface area (Å²) in [5.41, 5.74) is 1.06. The van der Waals surface area contributed by atoms with Crippen molar-refractivity contribution in [1.29, 1.82) is 5.26 Å². The van der Waals surface area contributed by atoms with Crippen molar-refractivity contribution < 1.29 is 9.52 Å². The Hall–Kier alpha value is -1.95. The minimum Gasteiger partial charge on any atom is -0.508 e. The van der Waals surface area contributed by atoms with Gasteiger partial charge < -0.3 is 9.52 Å². The molecule has 1 heterocycles. The number of furan rings is 1. The van der Waals surface area contributed by atoms with Crippen LogP contribution in [0.4, 0.5) is 0 Å². The molecular weight excluding hydrogens is 154 g/mol. The molecule has 12 heavy (non-hydrogen) atoms. The molecule has 0 spiro atoms. The second kappa shape index (κ2) is 2.28. The number of hydrogen-bond acceptors (Lipinski definition) is 3. The molecule has 0 aliphatic rings. The van der Waals surface area contributed by atoms with Crippen LogP contribution in [0.2, 0.25) is 0 Å². The maximum Gasteiger partial charge on any atom is 0.135 e. The van der Waals surface area contributed by atoms with Crippen molar-refractivity contribution in [2.24, 2.45) is 0 Å². The summed E-state index contributed by atoms with van der Waals surface area (Å²) in [6.45, 7) is 0. The van der Waals surface area contributed by atoms with Crippen LogP contribution in [-0.4, -0.2) is 5.11 Å². The molecule has 1 N–H and O–H groups in total. The summed E-state index contributed by atoms with van der Waals surface area (Å²) < 4.78 is 5.06. The number of hydrogen-bond donors (Lipinski definition) is 1. The maximum absolute atomic E-state index is 9.12. The van der Waals surface area contributed by atoms with Gasteiger partial charge in [-0.05, 0) is 18.2 Å². The minimum atomic E-state index is 0.139. The van der Waals surface area contributed by atoms with Crippen molar-refractivity contribution in [3.63, 3.8) is 0 Å². The van der Waals surface area contributed by atoms with E-state index in [1.807, 2.05) is 6.07 Å². The van der Waals surface area contributed by atoms with Gasteiger partial charge in [-0.1, -0.05) is 0 Å². The van der Waals surface area contributed by atoms with E-state index in [1.54, 1.807) is 6.07 Å². The van der Waals surface area contributed by atoms with E-state index in [0.717, 1.165) is 0 Å². The van der Waals surface area contributed by atoms with Gasteiger partial charge in [-0.3, -0.25) is 0 Å². The molecule has 0 saturated carbocycles. The minimum absolute atomic E-state index is 0.139. The molecule has 3 nitrogen and oxygen atoms in total. The van der Waals surface area contributed by atoms with E-state index in [2.05, 4.69) is 0 Å². The average Bonchev–Trinajstić information content (AvgIpc) is 2.46. The fourth-order valence-electron chi connectivity index (χ4n) is 1.10. The molecule has 0 unspecified atom stereocenters. The molecule has 1 aromatic heterocycles. The van der Waals surface area contributed by atoms with Gasteiger partial charge in [0.1, 0.15) is 23.7 Å². The average molecular weight is 159 g/mol. The summed E-state index contributed by atoms with van der Waals surface area (Å²) in [5, 5.41) is 18.4. The highest BCUT2D eigenvalue weighted by atomic mass is 16.3. The summed E-state index contributed by atoms with van der Waals surface area (Å²) in [6.07, 6.45) is 1.38. The van der Waals surface area contributed by atoms with Gasteiger partial charge in [0.25, 0.3) is 0 Å². The van der Waals surface area contributed by atoms with Gasteiger partial charge in [-0.25, -0.2) is 0 Å². The zero-order valence-corrected chi connectivity index (χ0v) is 6.11. The molecule has 58 valence electrons. The van der Waals surface area contributed by atoms with E-state index in [4.69, 9.17) is 14.8 Å². The highest BCUT2D eigenvalue weighted by Crippen LogP contribution is 2.24. The predicted octanol–water partition coefficient (Wildman–Crippen LogP) is 2.01. The first kappa shape index (κ1) is 6.74. The maximum atomic E-state index is 9.12. The Bertz CT molecular complexity index is 465. The van der Waals surface area contributed by atoms with E-state index < -0.39 is 0 Å². The number of fused-ring (bicyclic) bond motifs is 1. The number of nitriles is 1. The van der Waals surface area contributed by atoms with Crippen molar-refractivity contribution in [2.75, 3.05) is 0 Å². The summed E-state index contributed by atoms with van der Waals surface area (Å²) in [5.74, 6) is 0.139. The summed E-state index contributed by atoms with van der Waals surface area (Å²) >= 11 is 0. The summed E-state index contributed by atoms with van der Waals surface area (Å²) in [7, 11) is 0. The van der Waals surface area contributed by atoms with Crippen LogP contribution < -0.4 is 0 Å². The lowest BCUT2D eigenvalue weighted by molar-refractivity contribution is 0.476. The van der Waals surface area contributed by atoms with Crippen molar-refractivity contribution in [1.82, 2.24) is 0 Å². The second-order valence-corrected chi connectivity index (χ2v) is 2.44. The molecular formula is C9H5NO2. The van der Waals surface area contributed by atoms with E-state index in [0.29, 0.717) is 16.5 Å². The Morgan fingerprint density at radius 3 is 3.00 bits per heavy atom. The van der Waals surface area contributed by atoms with Crippen molar-refractivity contribution in [2.45, 2.75) is 0 Å².